The van der Waals surface area contributed by atoms with Crippen LogP contribution in [0.5, 0.6) is 0 Å². The van der Waals surface area contributed by atoms with Crippen LogP contribution >= 0.6 is 0 Å². The summed E-state index contributed by atoms with van der Waals surface area (Å²) >= 11 is 0. The predicted molar refractivity (Wildman–Crippen MR) is 150 cm³/mol. The molecule has 8 nitrogen and oxygen atoms in total. The zero-order valence-corrected chi connectivity index (χ0v) is 23.7. The van der Waals surface area contributed by atoms with Gasteiger partial charge >= 0.3 is 0 Å². The average Bonchev–Trinajstić information content (AvgIpc) is 3.45. The largest absolute Gasteiger partial charge is 0.467 e. The van der Waals surface area contributed by atoms with Crippen LogP contribution in [0.1, 0.15) is 56.8 Å². The number of furan rings is 1. The molecule has 1 saturated heterocycles. The van der Waals surface area contributed by atoms with Crippen molar-refractivity contribution in [3.8, 4) is 0 Å². The highest BCUT2D eigenvalue weighted by Crippen LogP contribution is 2.13. The lowest BCUT2D eigenvalue weighted by atomic mass is 10.1. The van der Waals surface area contributed by atoms with E-state index in [2.05, 4.69) is 11.8 Å². The van der Waals surface area contributed by atoms with Crippen LogP contribution in [0, 0.1) is 0 Å². The van der Waals surface area contributed by atoms with Crippen molar-refractivity contribution in [2.24, 2.45) is 0 Å². The number of carbonyl (C=O) groups excluding carboxylic acids is 1. The van der Waals surface area contributed by atoms with Crippen LogP contribution in [-0.2, 0) is 32.5 Å². The first kappa shape index (κ1) is 30.3. The number of morpholine rings is 1. The molecule has 2 aromatic rings. The first-order chi connectivity index (χ1) is 18.5. The van der Waals surface area contributed by atoms with Crippen LogP contribution in [0.3, 0.4) is 0 Å². The summed E-state index contributed by atoms with van der Waals surface area (Å²) in [5, 5.41) is 0. The van der Waals surface area contributed by atoms with Gasteiger partial charge in [0.15, 0.2) is 0 Å². The van der Waals surface area contributed by atoms with E-state index in [0.717, 1.165) is 44.3 Å². The Morgan fingerprint density at radius 2 is 1.68 bits per heavy atom. The van der Waals surface area contributed by atoms with Gasteiger partial charge in [-0.25, -0.2) is 8.42 Å². The van der Waals surface area contributed by atoms with Crippen molar-refractivity contribution in [3.63, 3.8) is 0 Å². The molecule has 1 fully saturated rings. The third-order valence-corrected chi connectivity index (χ3v) is 8.93. The second-order valence-corrected chi connectivity index (χ2v) is 12.1. The Bertz CT molecular complexity index is 1010. The normalized spacial score (nSPS) is 14.7. The molecular formula is C29H45N3O5S. The number of ether oxygens (including phenoxy) is 1. The Hall–Kier alpha value is -2.20. The number of rotatable bonds is 18. The smallest absolute Gasteiger partial charge is 0.238 e. The molecule has 0 N–H and O–H groups in total. The lowest BCUT2D eigenvalue weighted by Gasteiger charge is -2.31. The number of nitrogens with zero attached hydrogens (tertiary/aromatic N) is 3. The van der Waals surface area contributed by atoms with E-state index < -0.39 is 10.0 Å². The number of unbranched alkanes of at least 4 members (excludes halogenated alkanes) is 5. The van der Waals surface area contributed by atoms with Crippen LogP contribution in [0.25, 0.3) is 0 Å². The van der Waals surface area contributed by atoms with E-state index in [1.54, 1.807) is 17.2 Å². The molecule has 1 amide bonds. The first-order valence-corrected chi connectivity index (χ1v) is 15.7. The van der Waals surface area contributed by atoms with Gasteiger partial charge in [0.1, 0.15) is 5.76 Å². The van der Waals surface area contributed by atoms with Gasteiger partial charge in [-0.1, -0.05) is 69.4 Å². The summed E-state index contributed by atoms with van der Waals surface area (Å²) < 4.78 is 39.2. The van der Waals surface area contributed by atoms with Gasteiger partial charge in [0, 0.05) is 32.7 Å². The minimum absolute atomic E-state index is 0.0811. The summed E-state index contributed by atoms with van der Waals surface area (Å²) in [5.41, 5.74) is 1.13. The Balaban J connectivity index is 1.66. The van der Waals surface area contributed by atoms with Crippen LogP contribution in [0.15, 0.2) is 53.1 Å². The van der Waals surface area contributed by atoms with Crippen LogP contribution in [0.4, 0.5) is 0 Å². The molecule has 1 aromatic heterocycles. The first-order valence-electron chi connectivity index (χ1n) is 14.1. The van der Waals surface area contributed by atoms with Crippen molar-refractivity contribution in [1.82, 2.24) is 14.1 Å². The molecule has 0 aliphatic carbocycles. The fourth-order valence-electron chi connectivity index (χ4n) is 4.63. The van der Waals surface area contributed by atoms with Crippen LogP contribution < -0.4 is 0 Å². The van der Waals surface area contributed by atoms with Crippen LogP contribution in [0.2, 0.25) is 0 Å². The second kappa shape index (κ2) is 16.7. The standard InChI is InChI=1S/C29H45N3O5S/c1-2-3-4-5-6-10-24-38(34,35)32(18-17-30-19-22-36-23-20-30)26-29(33)31(25-28-14-11-21-37-28)16-15-27-12-8-7-9-13-27/h7-9,11-14,21H,2-6,10,15-20,22-26H2,1H3. The molecule has 3 rings (SSSR count). The van der Waals surface area contributed by atoms with Crippen molar-refractivity contribution in [2.75, 3.05) is 58.2 Å². The highest BCUT2D eigenvalue weighted by atomic mass is 32.2. The molecule has 0 atom stereocenters. The maximum atomic E-state index is 13.6. The molecule has 2 heterocycles. The molecule has 9 heteroatoms. The molecule has 38 heavy (non-hydrogen) atoms. The minimum atomic E-state index is -3.57. The third kappa shape index (κ3) is 10.9. The highest BCUT2D eigenvalue weighted by Gasteiger charge is 2.28. The number of hydrogen-bond acceptors (Lipinski definition) is 6. The Morgan fingerprint density at radius 1 is 0.947 bits per heavy atom. The van der Waals surface area contributed by atoms with Gasteiger partial charge in [-0.15, -0.1) is 0 Å². The third-order valence-electron chi connectivity index (χ3n) is 7.02. The molecular weight excluding hydrogens is 502 g/mol. The highest BCUT2D eigenvalue weighted by molar-refractivity contribution is 7.89. The van der Waals surface area contributed by atoms with Gasteiger partial charge in [0.2, 0.25) is 15.9 Å². The minimum Gasteiger partial charge on any atom is -0.467 e. The van der Waals surface area contributed by atoms with E-state index in [0.29, 0.717) is 58.0 Å². The maximum Gasteiger partial charge on any atom is 0.238 e. The Kier molecular flexibility index (Phi) is 13.3. The second-order valence-electron chi connectivity index (χ2n) is 10.0. The molecule has 1 aliphatic rings. The van der Waals surface area contributed by atoms with Crippen molar-refractivity contribution in [2.45, 2.75) is 58.4 Å². The number of hydrogen-bond donors (Lipinski definition) is 0. The van der Waals surface area contributed by atoms with E-state index >= 15 is 0 Å². The van der Waals surface area contributed by atoms with E-state index in [1.807, 2.05) is 36.4 Å². The number of sulfonamides is 1. The monoisotopic (exact) mass is 547 g/mol. The molecule has 0 saturated carbocycles. The Labute approximate surface area is 229 Å². The zero-order chi connectivity index (χ0) is 27.1. The molecule has 0 unspecified atom stereocenters. The molecule has 1 aromatic carbocycles. The Morgan fingerprint density at radius 3 is 2.39 bits per heavy atom. The van der Waals surface area contributed by atoms with E-state index in [-0.39, 0.29) is 18.2 Å². The maximum absolute atomic E-state index is 13.6. The van der Waals surface area contributed by atoms with E-state index in [4.69, 9.17) is 9.15 Å². The zero-order valence-electron chi connectivity index (χ0n) is 22.9. The summed E-state index contributed by atoms with van der Waals surface area (Å²) in [7, 11) is -3.57. The van der Waals surface area contributed by atoms with Gasteiger partial charge in [0.25, 0.3) is 0 Å². The quantitative estimate of drug-likeness (QED) is 0.261. The molecule has 0 radical (unpaired) electrons. The van der Waals surface area contributed by atoms with Gasteiger partial charge in [-0.05, 0) is 30.5 Å². The number of amides is 1. The van der Waals surface area contributed by atoms with Crippen molar-refractivity contribution in [3.05, 3.63) is 60.1 Å². The number of benzene rings is 1. The predicted octanol–water partition coefficient (Wildman–Crippen LogP) is 4.18. The topological polar surface area (TPSA) is 83.3 Å². The summed E-state index contributed by atoms with van der Waals surface area (Å²) in [6.45, 7) is 6.57. The van der Waals surface area contributed by atoms with Crippen LogP contribution in [-0.4, -0.2) is 86.7 Å². The summed E-state index contributed by atoms with van der Waals surface area (Å²) in [4.78, 5) is 17.5. The van der Waals surface area contributed by atoms with Crippen molar-refractivity contribution >= 4 is 15.9 Å². The lowest BCUT2D eigenvalue weighted by molar-refractivity contribution is -0.132. The van der Waals surface area contributed by atoms with Gasteiger partial charge in [-0.2, -0.15) is 4.31 Å². The number of carbonyl (C=O) groups is 1. The summed E-state index contributed by atoms with van der Waals surface area (Å²) in [5.74, 6) is 0.560. The average molecular weight is 548 g/mol. The van der Waals surface area contributed by atoms with Gasteiger partial charge in [-0.3, -0.25) is 9.69 Å². The van der Waals surface area contributed by atoms with E-state index in [9.17, 15) is 13.2 Å². The molecule has 0 spiro atoms. The summed E-state index contributed by atoms with van der Waals surface area (Å²) in [6.07, 6.45) is 8.33. The van der Waals surface area contributed by atoms with E-state index in [1.165, 1.54) is 10.7 Å². The van der Waals surface area contributed by atoms with Gasteiger partial charge in [0.05, 0.1) is 38.3 Å². The van der Waals surface area contributed by atoms with Crippen molar-refractivity contribution < 1.29 is 22.4 Å². The van der Waals surface area contributed by atoms with Crippen molar-refractivity contribution in [1.29, 1.82) is 0 Å². The fourth-order valence-corrected chi connectivity index (χ4v) is 6.12. The fraction of sp³-hybridized carbons (Fsp3) is 0.621. The summed E-state index contributed by atoms with van der Waals surface area (Å²) in [6, 6.07) is 13.6. The SMILES string of the molecule is CCCCCCCCS(=O)(=O)N(CCN1CCOCC1)CC(=O)N(CCc1ccccc1)Cc1ccco1. The molecule has 212 valence electrons. The molecule has 1 aliphatic heterocycles. The molecule has 0 bridgehead atoms. The lowest BCUT2D eigenvalue weighted by Crippen LogP contribution is -2.47. The van der Waals surface area contributed by atoms with Gasteiger partial charge < -0.3 is 14.1 Å².